The van der Waals surface area contributed by atoms with Crippen LogP contribution in [0.2, 0.25) is 0 Å². The number of hydroxylamine groups is 2. The van der Waals surface area contributed by atoms with Gasteiger partial charge in [-0.1, -0.05) is 118 Å². The van der Waals surface area contributed by atoms with Gasteiger partial charge in [0.15, 0.2) is 0 Å². The first kappa shape index (κ1) is 78.2. The van der Waals surface area contributed by atoms with Crippen LogP contribution in [0.1, 0.15) is 157 Å². The van der Waals surface area contributed by atoms with Gasteiger partial charge in [-0.3, -0.25) is 48.1 Å². The summed E-state index contributed by atoms with van der Waals surface area (Å²) in [5.74, 6) is -7.92. The summed E-state index contributed by atoms with van der Waals surface area (Å²) in [5.41, 5.74) is 7.12. The van der Waals surface area contributed by atoms with Gasteiger partial charge < -0.3 is 66.5 Å². The Morgan fingerprint density at radius 1 is 0.702 bits per heavy atom. The normalized spacial score (nSPS) is 17.5. The highest BCUT2D eigenvalue weighted by molar-refractivity contribution is 6.02. The zero-order valence-electron chi connectivity index (χ0n) is 57.4. The lowest BCUT2D eigenvalue weighted by Gasteiger charge is -2.41. The molecule has 0 aliphatic carbocycles. The zero-order valence-corrected chi connectivity index (χ0v) is 57.4. The molecule has 2 saturated heterocycles. The van der Waals surface area contributed by atoms with Crippen LogP contribution < -0.4 is 37.6 Å². The number of carbonyl (C=O) groups excluding carboxylic acids is 12. The standard InChI is InChI=1S/C67H103N11O16/c1-16-41(8)59(50(91-14)36-54(82)77-35-21-25-49(77)60(92-15)43(10)61(84)70-44(11)42(9)46-22-18-17-19-23-46)75(12)65(88)57(39(4)5)74-64(87)58(40(6)7)76(13)67(90)93-37-45-26-28-47(29-27-45)71-62(85)48(24-20-34-69-66(68)89)72-63(86)56(38(2)3)73-51(79)30-33-55(83)94-78-52(80)31-32-53(78)81/h17-19,22-23,26-29,38-44,48-50,56-60H,16,20-21,24-25,30-37H2,1-15H3,(H,70,84)(H,71,85)(H,72,86)(H,73,79)(H,74,87)(H3,68,69,89)/t41-,42+,43+,44+,48-,49-,50+,56-,57-,58-,59-,60+/m0/s1. The Kier molecular flexibility index (Phi) is 31.3. The number of rotatable bonds is 36. The number of amides is 12. The summed E-state index contributed by atoms with van der Waals surface area (Å²) in [6.07, 6.45) is -1.22. The Morgan fingerprint density at radius 3 is 1.89 bits per heavy atom. The Morgan fingerprint density at radius 2 is 1.33 bits per heavy atom. The molecule has 0 aromatic heterocycles. The number of urea groups is 1. The van der Waals surface area contributed by atoms with Gasteiger partial charge in [0.05, 0.1) is 43.1 Å². The van der Waals surface area contributed by atoms with Gasteiger partial charge in [-0.15, -0.1) is 5.06 Å². The molecule has 2 heterocycles. The number of likely N-dealkylation sites (tertiary alicyclic amines) is 1. The molecule has 0 saturated carbocycles. The van der Waals surface area contributed by atoms with Gasteiger partial charge in [0.25, 0.3) is 11.8 Å². The van der Waals surface area contributed by atoms with E-state index < -0.39 is 138 Å². The smallest absolute Gasteiger partial charge is 0.410 e. The third kappa shape index (κ3) is 22.5. The van der Waals surface area contributed by atoms with Gasteiger partial charge in [0.1, 0.15) is 30.8 Å². The molecule has 0 bridgehead atoms. The second-order valence-electron chi connectivity index (χ2n) is 25.7. The molecule has 12 amide bonds. The number of likely N-dealkylation sites (N-methyl/N-ethyl adjacent to an activating group) is 2. The first-order valence-electron chi connectivity index (χ1n) is 32.6. The minimum absolute atomic E-state index is 0.0210. The predicted octanol–water partition coefficient (Wildman–Crippen LogP) is 5.05. The number of nitrogens with two attached hydrogens (primary N) is 1. The minimum Gasteiger partial charge on any atom is -0.445 e. The number of ether oxygens (including phenoxy) is 3. The number of methoxy groups -OCH3 is 2. The fourth-order valence-corrected chi connectivity index (χ4v) is 11.9. The Bertz CT molecular complexity index is 2900. The highest BCUT2D eigenvalue weighted by Gasteiger charge is 2.44. The van der Waals surface area contributed by atoms with E-state index in [-0.39, 0.29) is 81.0 Å². The van der Waals surface area contributed by atoms with Crippen molar-refractivity contribution in [3.63, 3.8) is 0 Å². The molecule has 27 nitrogen and oxygen atoms in total. The van der Waals surface area contributed by atoms with Crippen LogP contribution in [-0.4, -0.2) is 187 Å². The molecule has 27 heteroatoms. The lowest BCUT2D eigenvalue weighted by Crippen LogP contribution is -2.60. The van der Waals surface area contributed by atoms with Crippen molar-refractivity contribution in [3.05, 3.63) is 65.7 Å². The number of hydrogen-bond donors (Lipinski definition) is 7. The molecule has 2 aliphatic rings. The van der Waals surface area contributed by atoms with Crippen LogP contribution in [0.3, 0.4) is 0 Å². The molecule has 12 atom stereocenters. The van der Waals surface area contributed by atoms with Gasteiger partial charge in [0.2, 0.25) is 41.4 Å². The maximum atomic E-state index is 14.8. The summed E-state index contributed by atoms with van der Waals surface area (Å²) >= 11 is 0. The van der Waals surface area contributed by atoms with E-state index in [4.69, 9.17) is 24.8 Å². The van der Waals surface area contributed by atoms with Gasteiger partial charge >= 0.3 is 18.1 Å². The molecule has 8 N–H and O–H groups in total. The highest BCUT2D eigenvalue weighted by Crippen LogP contribution is 2.31. The molecule has 2 aromatic rings. The molecule has 94 heavy (non-hydrogen) atoms. The van der Waals surface area contributed by atoms with E-state index in [0.29, 0.717) is 42.1 Å². The van der Waals surface area contributed by atoms with Crippen molar-refractivity contribution in [2.45, 2.75) is 207 Å². The molecule has 522 valence electrons. The largest absolute Gasteiger partial charge is 0.445 e. The molecule has 2 aliphatic heterocycles. The number of hydrogen-bond acceptors (Lipinski definition) is 16. The highest BCUT2D eigenvalue weighted by atomic mass is 16.7. The Hall–Kier alpha value is -8.20. The van der Waals surface area contributed by atoms with Crippen LogP contribution >= 0.6 is 0 Å². The summed E-state index contributed by atoms with van der Waals surface area (Å²) in [4.78, 5) is 168. The van der Waals surface area contributed by atoms with E-state index in [1.165, 1.54) is 14.2 Å². The third-order valence-electron chi connectivity index (χ3n) is 17.7. The quantitative estimate of drug-likeness (QED) is 0.0347. The molecule has 0 unspecified atom stereocenters. The van der Waals surface area contributed by atoms with Crippen LogP contribution in [0.4, 0.5) is 15.3 Å². The molecule has 0 spiro atoms. The first-order chi connectivity index (χ1) is 44.4. The summed E-state index contributed by atoms with van der Waals surface area (Å²) in [7, 11) is 6.13. The fourth-order valence-electron chi connectivity index (χ4n) is 11.9. The fraction of sp³-hybridized carbons (Fsp3) is 0.642. The average Bonchev–Trinajstić information content (AvgIpc) is 1.39. The van der Waals surface area contributed by atoms with Crippen molar-refractivity contribution < 1.29 is 76.6 Å². The Labute approximate surface area is 553 Å². The van der Waals surface area contributed by atoms with Gasteiger partial charge in [-0.2, -0.15) is 0 Å². The van der Waals surface area contributed by atoms with Crippen molar-refractivity contribution in [1.29, 1.82) is 0 Å². The van der Waals surface area contributed by atoms with E-state index in [9.17, 15) is 57.5 Å². The maximum absolute atomic E-state index is 14.8. The maximum Gasteiger partial charge on any atom is 0.410 e. The van der Waals surface area contributed by atoms with Crippen molar-refractivity contribution in [2.24, 2.45) is 35.3 Å². The van der Waals surface area contributed by atoms with Crippen molar-refractivity contribution in [2.75, 3.05) is 46.7 Å². The molecule has 2 aromatic carbocycles. The van der Waals surface area contributed by atoms with Crippen molar-refractivity contribution in [1.82, 2.24) is 46.3 Å². The summed E-state index contributed by atoms with van der Waals surface area (Å²) < 4.78 is 17.8. The molecule has 0 radical (unpaired) electrons. The monoisotopic (exact) mass is 1320 g/mol. The lowest BCUT2D eigenvalue weighted by atomic mass is 9.89. The van der Waals surface area contributed by atoms with E-state index in [1.54, 1.807) is 89.8 Å². The van der Waals surface area contributed by atoms with Crippen molar-refractivity contribution >= 4 is 76.9 Å². The number of anilines is 1. The molecule has 4 rings (SSSR count). The van der Waals surface area contributed by atoms with E-state index in [2.05, 4.69) is 38.8 Å². The summed E-state index contributed by atoms with van der Waals surface area (Å²) in [6.45, 7) is 20.5. The number of nitrogens with one attached hydrogen (secondary N) is 6. The number of imide groups is 1. The second kappa shape index (κ2) is 37.6. The predicted molar refractivity (Wildman–Crippen MR) is 349 cm³/mol. The average molecular weight is 1320 g/mol. The SMILES string of the molecule is CC[C@H](C)[C@@H]([C@@H](CC(=O)N1CCC[C@H]1[C@H](OC)[C@@H](C)C(=O)N[C@H](C)[C@@H](C)c1ccccc1)OC)N(C)C(=O)[C@@H](NC(=O)[C@H](C(C)C)N(C)C(=O)OCc1ccc(NC(=O)[C@H](CCCNC(N)=O)NC(=O)[C@@H](NC(=O)CCC(=O)ON2C(=O)CCC2=O)C(C)C)cc1)C(C)C. The lowest BCUT2D eigenvalue weighted by molar-refractivity contribution is -0.197. The molecular formula is C67H103N11O16. The molecular weight excluding hydrogens is 1210 g/mol. The van der Waals surface area contributed by atoms with Gasteiger partial charge in [0, 0.05) is 78.3 Å². The molecule has 2 fully saturated rings. The minimum atomic E-state index is -1.19. The van der Waals surface area contributed by atoms with Gasteiger partial charge in [-0.25, -0.2) is 14.4 Å². The second-order valence-corrected chi connectivity index (χ2v) is 25.7. The Balaban J connectivity index is 1.39. The number of primary amides is 1. The number of nitrogens with zero attached hydrogens (tertiary/aromatic N) is 4. The summed E-state index contributed by atoms with van der Waals surface area (Å²) in [5, 5.41) is 16.9. The van der Waals surface area contributed by atoms with Gasteiger partial charge in [-0.05, 0) is 79.5 Å². The van der Waals surface area contributed by atoms with Crippen LogP contribution in [-0.2, 0) is 73.6 Å². The van der Waals surface area contributed by atoms with Crippen molar-refractivity contribution in [3.8, 4) is 0 Å². The summed E-state index contributed by atoms with van der Waals surface area (Å²) in [6, 6.07) is 9.75. The van der Waals surface area contributed by atoms with E-state index in [0.717, 1.165) is 10.5 Å². The van der Waals surface area contributed by atoms with E-state index >= 15 is 0 Å². The third-order valence-corrected chi connectivity index (χ3v) is 17.7. The van der Waals surface area contributed by atoms with Crippen LogP contribution in [0.15, 0.2) is 54.6 Å². The first-order valence-corrected chi connectivity index (χ1v) is 32.6. The zero-order chi connectivity index (χ0) is 70.3. The van der Waals surface area contributed by atoms with E-state index in [1.807, 2.05) is 58.0 Å². The number of carbonyl (C=O) groups is 12. The topological polar surface area (TPSA) is 353 Å². The van der Waals surface area contributed by atoms with Crippen LogP contribution in [0, 0.1) is 29.6 Å². The van der Waals surface area contributed by atoms with Crippen LogP contribution in [0.5, 0.6) is 0 Å². The van der Waals surface area contributed by atoms with Crippen LogP contribution in [0.25, 0.3) is 0 Å². The number of benzene rings is 2.